The molecule has 0 spiro atoms. The first kappa shape index (κ1) is 25.1. The standard InChI is InChI=1S/C29H27FN2O7/c30-18-3-1-2-16(8-18)13-31-27(34)12-20-11-22-21-10-19(5-7-23(21)39-28(22)26(14-33)38-20)32-29(35)17-4-6-24-25(9-17)37-15-36-24/h1-10,20,22,26,28,33H,11-15H2,(H,31,34)(H,32,35)/t20-,22+,26+,28-/m0/s1. The Kier molecular flexibility index (Phi) is 6.80. The second-order valence-corrected chi connectivity index (χ2v) is 9.79. The molecule has 0 unspecified atom stereocenters. The summed E-state index contributed by atoms with van der Waals surface area (Å²) < 4.78 is 36.2. The molecule has 3 aromatic carbocycles. The Balaban J connectivity index is 1.13. The SMILES string of the molecule is O=C(C[C@@H]1C[C@@H]2c3cc(NC(=O)c4ccc5c(c4)OCO5)ccc3O[C@@H]2[C@@H](CO)O1)NCc1cccc(F)c1. The van der Waals surface area contributed by atoms with Gasteiger partial charge in [-0.3, -0.25) is 9.59 Å². The second kappa shape index (κ2) is 10.5. The Morgan fingerprint density at radius 1 is 1.00 bits per heavy atom. The molecule has 6 rings (SSSR count). The van der Waals surface area contributed by atoms with E-state index in [2.05, 4.69) is 10.6 Å². The fourth-order valence-corrected chi connectivity index (χ4v) is 5.33. The molecule has 3 heterocycles. The predicted octanol–water partition coefficient (Wildman–Crippen LogP) is 3.51. The lowest BCUT2D eigenvalue weighted by molar-refractivity contribution is -0.142. The van der Waals surface area contributed by atoms with Gasteiger partial charge in [0.05, 0.1) is 19.1 Å². The van der Waals surface area contributed by atoms with Crippen LogP contribution in [0.25, 0.3) is 0 Å². The molecule has 4 atom stereocenters. The summed E-state index contributed by atoms with van der Waals surface area (Å²) in [4.78, 5) is 25.5. The number of ether oxygens (including phenoxy) is 4. The van der Waals surface area contributed by atoms with Gasteiger partial charge in [0, 0.05) is 29.3 Å². The molecule has 10 heteroatoms. The molecular weight excluding hydrogens is 507 g/mol. The molecule has 0 aliphatic carbocycles. The molecule has 0 aromatic heterocycles. The van der Waals surface area contributed by atoms with Crippen molar-refractivity contribution in [2.24, 2.45) is 0 Å². The summed E-state index contributed by atoms with van der Waals surface area (Å²) in [7, 11) is 0. The minimum atomic E-state index is -0.608. The first-order chi connectivity index (χ1) is 19.0. The number of carbonyl (C=O) groups excluding carboxylic acids is 2. The molecule has 1 fully saturated rings. The van der Waals surface area contributed by atoms with Gasteiger partial charge in [0.1, 0.15) is 23.8 Å². The average Bonchev–Trinajstić information content (AvgIpc) is 3.55. The topological polar surface area (TPSA) is 115 Å². The van der Waals surface area contributed by atoms with Crippen LogP contribution in [0.2, 0.25) is 0 Å². The lowest BCUT2D eigenvalue weighted by Crippen LogP contribution is -2.47. The lowest BCUT2D eigenvalue weighted by Gasteiger charge is -2.37. The van der Waals surface area contributed by atoms with Gasteiger partial charge in [0.25, 0.3) is 5.91 Å². The molecule has 0 radical (unpaired) electrons. The van der Waals surface area contributed by atoms with E-state index in [-0.39, 0.29) is 49.9 Å². The maximum atomic E-state index is 13.4. The molecule has 3 aromatic rings. The van der Waals surface area contributed by atoms with Crippen molar-refractivity contribution in [3.05, 3.63) is 83.2 Å². The zero-order chi connectivity index (χ0) is 26.9. The molecule has 3 N–H and O–H groups in total. The minimum Gasteiger partial charge on any atom is -0.487 e. The summed E-state index contributed by atoms with van der Waals surface area (Å²) in [5.74, 6) is 0.762. The van der Waals surface area contributed by atoms with E-state index in [0.29, 0.717) is 40.5 Å². The number of anilines is 1. The van der Waals surface area contributed by atoms with Crippen LogP contribution < -0.4 is 24.8 Å². The van der Waals surface area contributed by atoms with Crippen molar-refractivity contribution in [1.29, 1.82) is 0 Å². The third-order valence-electron chi connectivity index (χ3n) is 7.18. The lowest BCUT2D eigenvalue weighted by atomic mass is 9.84. The average molecular weight is 535 g/mol. The van der Waals surface area contributed by atoms with E-state index < -0.39 is 18.3 Å². The van der Waals surface area contributed by atoms with Gasteiger partial charge in [-0.15, -0.1) is 0 Å². The van der Waals surface area contributed by atoms with Gasteiger partial charge in [0.15, 0.2) is 11.5 Å². The summed E-state index contributed by atoms with van der Waals surface area (Å²) in [6.07, 6.45) is -0.871. The number of nitrogens with one attached hydrogen (secondary N) is 2. The van der Waals surface area contributed by atoms with Crippen LogP contribution in [-0.4, -0.2) is 48.6 Å². The van der Waals surface area contributed by atoms with E-state index >= 15 is 0 Å². The molecule has 39 heavy (non-hydrogen) atoms. The summed E-state index contributed by atoms with van der Waals surface area (Å²) >= 11 is 0. The number of hydrogen-bond donors (Lipinski definition) is 3. The van der Waals surface area contributed by atoms with Crippen molar-refractivity contribution in [2.75, 3.05) is 18.7 Å². The van der Waals surface area contributed by atoms with Crippen molar-refractivity contribution >= 4 is 17.5 Å². The zero-order valence-corrected chi connectivity index (χ0v) is 20.9. The number of rotatable bonds is 7. The highest BCUT2D eigenvalue weighted by Gasteiger charge is 2.46. The third-order valence-corrected chi connectivity index (χ3v) is 7.18. The number of hydrogen-bond acceptors (Lipinski definition) is 7. The number of benzene rings is 3. The number of aliphatic hydroxyl groups excluding tert-OH is 1. The van der Waals surface area contributed by atoms with Crippen LogP contribution in [0.1, 0.15) is 40.2 Å². The molecule has 3 aliphatic heterocycles. The Morgan fingerprint density at radius 2 is 1.85 bits per heavy atom. The van der Waals surface area contributed by atoms with Crippen LogP contribution in [0, 0.1) is 5.82 Å². The van der Waals surface area contributed by atoms with Crippen molar-refractivity contribution in [3.63, 3.8) is 0 Å². The van der Waals surface area contributed by atoms with E-state index in [1.54, 1.807) is 42.5 Å². The van der Waals surface area contributed by atoms with Gasteiger partial charge in [-0.05, 0) is 60.5 Å². The Morgan fingerprint density at radius 3 is 2.69 bits per heavy atom. The number of fused-ring (bicyclic) bond motifs is 4. The van der Waals surface area contributed by atoms with Gasteiger partial charge >= 0.3 is 0 Å². The first-order valence-electron chi connectivity index (χ1n) is 12.8. The normalized spacial score (nSPS) is 22.4. The predicted molar refractivity (Wildman–Crippen MR) is 137 cm³/mol. The molecule has 1 saturated heterocycles. The highest BCUT2D eigenvalue weighted by atomic mass is 19.1. The second-order valence-electron chi connectivity index (χ2n) is 9.79. The van der Waals surface area contributed by atoms with Crippen LogP contribution in [0.3, 0.4) is 0 Å². The van der Waals surface area contributed by atoms with E-state index in [4.69, 9.17) is 18.9 Å². The smallest absolute Gasteiger partial charge is 0.255 e. The molecule has 202 valence electrons. The van der Waals surface area contributed by atoms with Crippen LogP contribution in [0.5, 0.6) is 17.2 Å². The van der Waals surface area contributed by atoms with E-state index in [0.717, 1.165) is 5.56 Å². The van der Waals surface area contributed by atoms with Crippen molar-refractivity contribution in [1.82, 2.24) is 5.32 Å². The summed E-state index contributed by atoms with van der Waals surface area (Å²) in [5, 5.41) is 15.7. The fraction of sp³-hybridized carbons (Fsp3) is 0.310. The molecule has 3 aliphatic rings. The summed E-state index contributed by atoms with van der Waals surface area (Å²) in [6, 6.07) is 16.5. The van der Waals surface area contributed by atoms with Crippen LogP contribution in [0.15, 0.2) is 60.7 Å². The summed E-state index contributed by atoms with van der Waals surface area (Å²) in [5.41, 5.74) is 2.58. The van der Waals surface area contributed by atoms with Crippen molar-refractivity contribution in [3.8, 4) is 17.2 Å². The maximum Gasteiger partial charge on any atom is 0.255 e. The molecular formula is C29H27FN2O7. The zero-order valence-electron chi connectivity index (χ0n) is 20.9. The molecule has 9 nitrogen and oxygen atoms in total. The fourth-order valence-electron chi connectivity index (χ4n) is 5.33. The number of carbonyl (C=O) groups is 2. The Bertz CT molecular complexity index is 1410. The molecule has 2 amide bonds. The van der Waals surface area contributed by atoms with Gasteiger partial charge in [-0.2, -0.15) is 0 Å². The number of halogens is 1. The van der Waals surface area contributed by atoms with E-state index in [1.165, 1.54) is 12.1 Å². The highest BCUT2D eigenvalue weighted by Crippen LogP contribution is 2.47. The number of aliphatic hydroxyl groups is 1. The van der Waals surface area contributed by atoms with E-state index in [9.17, 15) is 19.1 Å². The van der Waals surface area contributed by atoms with Crippen LogP contribution >= 0.6 is 0 Å². The molecule has 0 saturated carbocycles. The minimum absolute atomic E-state index is 0.0882. The van der Waals surface area contributed by atoms with Crippen molar-refractivity contribution in [2.45, 2.75) is 43.6 Å². The maximum absolute atomic E-state index is 13.4. The van der Waals surface area contributed by atoms with Crippen LogP contribution in [-0.2, 0) is 16.1 Å². The Labute approximate surface area is 223 Å². The monoisotopic (exact) mass is 534 g/mol. The van der Waals surface area contributed by atoms with Gasteiger partial charge < -0.3 is 34.7 Å². The third kappa shape index (κ3) is 5.25. The van der Waals surface area contributed by atoms with E-state index in [1.807, 2.05) is 6.07 Å². The quantitative estimate of drug-likeness (QED) is 0.425. The largest absolute Gasteiger partial charge is 0.487 e. The summed E-state index contributed by atoms with van der Waals surface area (Å²) in [6.45, 7) is 0.0729. The van der Waals surface area contributed by atoms with Gasteiger partial charge in [-0.1, -0.05) is 12.1 Å². The first-order valence-corrected chi connectivity index (χ1v) is 12.8. The molecule has 0 bridgehead atoms. The van der Waals surface area contributed by atoms with Gasteiger partial charge in [-0.25, -0.2) is 4.39 Å². The van der Waals surface area contributed by atoms with Crippen molar-refractivity contribution < 1.29 is 38.0 Å². The number of amides is 2. The Hall–Kier alpha value is -4.15. The van der Waals surface area contributed by atoms with Gasteiger partial charge in [0.2, 0.25) is 12.7 Å². The van der Waals surface area contributed by atoms with Crippen LogP contribution in [0.4, 0.5) is 10.1 Å². The highest BCUT2D eigenvalue weighted by molar-refractivity contribution is 6.04.